The van der Waals surface area contributed by atoms with Crippen molar-refractivity contribution in [3.63, 3.8) is 0 Å². The summed E-state index contributed by atoms with van der Waals surface area (Å²) >= 11 is 0. The normalized spacial score (nSPS) is 16.1. The van der Waals surface area contributed by atoms with E-state index in [1.54, 1.807) is 0 Å². The zero-order valence-corrected chi connectivity index (χ0v) is 13.8. The lowest BCUT2D eigenvalue weighted by Gasteiger charge is -2.35. The lowest BCUT2D eigenvalue weighted by Crippen LogP contribution is -2.44. The minimum absolute atomic E-state index is 0.00596. The molecule has 0 aromatic carbocycles. The zero-order chi connectivity index (χ0) is 14.8. The Balaban J connectivity index is 2.69. The van der Waals surface area contributed by atoms with Gasteiger partial charge >= 0.3 is 0 Å². The van der Waals surface area contributed by atoms with E-state index in [0.717, 1.165) is 31.2 Å². The molecule has 5 nitrogen and oxygen atoms in total. The fourth-order valence-corrected chi connectivity index (χ4v) is 5.37. The summed E-state index contributed by atoms with van der Waals surface area (Å²) in [6.07, 6.45) is 8.25. The van der Waals surface area contributed by atoms with Gasteiger partial charge in [-0.1, -0.05) is 38.0 Å². The van der Waals surface area contributed by atoms with E-state index in [2.05, 4.69) is 48.0 Å². The molecule has 0 N–H and O–H groups in total. The number of hydrogen-bond acceptors (Lipinski definition) is 3. The summed E-state index contributed by atoms with van der Waals surface area (Å²) in [6.45, 7) is 8.74. The van der Waals surface area contributed by atoms with E-state index in [1.165, 1.54) is 0 Å². The van der Waals surface area contributed by atoms with Gasteiger partial charge in [-0.25, -0.2) is 0 Å². The molecule has 0 amide bonds. The van der Waals surface area contributed by atoms with Crippen LogP contribution in [0.4, 0.5) is 0 Å². The van der Waals surface area contributed by atoms with Gasteiger partial charge in [0.1, 0.15) is 0 Å². The van der Waals surface area contributed by atoms with Gasteiger partial charge in [0, 0.05) is 18.0 Å². The molecule has 0 radical (unpaired) electrons. The smallest absolute Gasteiger partial charge is 0.192 e. The maximum absolute atomic E-state index is 8.57. The lowest BCUT2D eigenvalue weighted by molar-refractivity contribution is 0.156. The Morgan fingerprint density at radius 2 is 2.00 bits per heavy atom. The van der Waals surface area contributed by atoms with Gasteiger partial charge in [0.15, 0.2) is 8.32 Å². The summed E-state index contributed by atoms with van der Waals surface area (Å²) in [7, 11) is -1.67. The number of nitrogens with zero attached hydrogens (tertiary/aromatic N) is 4. The largest absolute Gasteiger partial charge is 0.412 e. The van der Waals surface area contributed by atoms with Crippen LogP contribution < -0.4 is 0 Å². The molecule has 1 atom stereocenters. The van der Waals surface area contributed by atoms with Gasteiger partial charge in [-0.2, -0.15) is 0 Å². The van der Waals surface area contributed by atoms with Gasteiger partial charge in [-0.05, 0) is 35.9 Å². The summed E-state index contributed by atoms with van der Waals surface area (Å²) in [4.78, 5) is 5.09. The van der Waals surface area contributed by atoms with Crippen molar-refractivity contribution in [3.8, 4) is 0 Å². The minimum Gasteiger partial charge on any atom is -0.412 e. The van der Waals surface area contributed by atoms with Crippen LogP contribution in [0.25, 0.3) is 10.4 Å². The van der Waals surface area contributed by atoms with Gasteiger partial charge < -0.3 is 9.33 Å². The molecule has 0 aromatic rings. The molecule has 0 saturated carbocycles. The molecule has 20 heavy (non-hydrogen) atoms. The van der Waals surface area contributed by atoms with Crippen molar-refractivity contribution in [1.29, 1.82) is 0 Å². The Morgan fingerprint density at radius 1 is 1.30 bits per heavy atom. The summed E-state index contributed by atoms with van der Waals surface area (Å²) in [6, 6.07) is 3.34. The Kier molecular flexibility index (Phi) is 7.44. The first-order valence-electron chi connectivity index (χ1n) is 7.45. The molecule has 0 aromatic heterocycles. The molecule has 1 aliphatic heterocycles. The topological polar surface area (TPSA) is 61.2 Å². The molecule has 0 bridgehead atoms. The monoisotopic (exact) mass is 294 g/mol. The van der Waals surface area contributed by atoms with Crippen LogP contribution in [-0.2, 0) is 4.43 Å². The molecular weight excluding hydrogens is 268 g/mol. The van der Waals surface area contributed by atoms with Gasteiger partial charge in [0.25, 0.3) is 0 Å². The van der Waals surface area contributed by atoms with Gasteiger partial charge in [0.05, 0.1) is 12.6 Å². The molecule has 0 fully saturated rings. The Bertz CT molecular complexity index is 378. The first-order chi connectivity index (χ1) is 9.69. The summed E-state index contributed by atoms with van der Waals surface area (Å²) < 4.78 is 6.46. The lowest BCUT2D eigenvalue weighted by atomic mass is 10.3. The first-order valence-corrected chi connectivity index (χ1v) is 9.98. The van der Waals surface area contributed by atoms with Gasteiger partial charge in [-0.15, -0.1) is 0 Å². The Labute approximate surface area is 123 Å². The second kappa shape index (κ2) is 8.84. The summed E-state index contributed by atoms with van der Waals surface area (Å²) in [5, 5.41) is 3.73. The van der Waals surface area contributed by atoms with Crippen LogP contribution in [0.5, 0.6) is 0 Å². The van der Waals surface area contributed by atoms with Crippen molar-refractivity contribution in [1.82, 2.24) is 4.90 Å². The van der Waals surface area contributed by atoms with E-state index >= 15 is 0 Å². The number of azide groups is 1. The van der Waals surface area contributed by atoms with Gasteiger partial charge in [-0.3, -0.25) is 0 Å². The van der Waals surface area contributed by atoms with E-state index in [-0.39, 0.29) is 6.10 Å². The van der Waals surface area contributed by atoms with Crippen molar-refractivity contribution in [2.75, 3.05) is 19.6 Å². The molecule has 0 aliphatic carbocycles. The van der Waals surface area contributed by atoms with Crippen LogP contribution in [0.2, 0.25) is 18.1 Å². The fourth-order valence-electron chi connectivity index (χ4n) is 2.52. The highest BCUT2D eigenvalue weighted by Gasteiger charge is 2.32. The molecule has 0 spiro atoms. The molecule has 112 valence electrons. The van der Waals surface area contributed by atoms with Crippen molar-refractivity contribution >= 4 is 8.32 Å². The van der Waals surface area contributed by atoms with E-state index in [0.29, 0.717) is 6.54 Å². The number of rotatable bonds is 9. The van der Waals surface area contributed by atoms with E-state index in [9.17, 15) is 0 Å². The minimum atomic E-state index is -1.67. The molecule has 1 aliphatic rings. The summed E-state index contributed by atoms with van der Waals surface area (Å²) in [5.74, 6) is 0. The maximum atomic E-state index is 8.57. The molecule has 0 unspecified atom stereocenters. The molecular formula is C14H26N4OSi. The third kappa shape index (κ3) is 5.04. The Hall–Kier alpha value is -1.23. The van der Waals surface area contributed by atoms with Crippen molar-refractivity contribution in [2.45, 2.75) is 45.0 Å². The molecule has 6 heteroatoms. The SMILES string of the molecule is CC[Si](CC)(CC)O[C@@H](CN=[N+]=[N-])CN1C=CC=CC1. The second-order valence-electron chi connectivity index (χ2n) is 5.12. The zero-order valence-electron chi connectivity index (χ0n) is 12.8. The van der Waals surface area contributed by atoms with Crippen LogP contribution in [0, 0.1) is 0 Å². The van der Waals surface area contributed by atoms with Crippen molar-refractivity contribution < 1.29 is 4.43 Å². The van der Waals surface area contributed by atoms with Crippen LogP contribution in [-0.4, -0.2) is 39.0 Å². The van der Waals surface area contributed by atoms with Crippen molar-refractivity contribution in [2.24, 2.45) is 5.11 Å². The van der Waals surface area contributed by atoms with Crippen LogP contribution in [0.1, 0.15) is 20.8 Å². The fraction of sp³-hybridized carbons (Fsp3) is 0.714. The third-order valence-electron chi connectivity index (χ3n) is 4.02. The predicted molar refractivity (Wildman–Crippen MR) is 85.9 cm³/mol. The predicted octanol–water partition coefficient (Wildman–Crippen LogP) is 4.07. The highest BCUT2D eigenvalue weighted by molar-refractivity contribution is 6.73. The van der Waals surface area contributed by atoms with E-state index in [1.807, 2.05) is 12.2 Å². The average Bonchev–Trinajstić information content (AvgIpc) is 2.51. The first kappa shape index (κ1) is 16.8. The highest BCUT2D eigenvalue weighted by Crippen LogP contribution is 2.24. The van der Waals surface area contributed by atoms with E-state index < -0.39 is 8.32 Å². The van der Waals surface area contributed by atoms with Crippen molar-refractivity contribution in [3.05, 3.63) is 34.9 Å². The van der Waals surface area contributed by atoms with Crippen LogP contribution in [0.3, 0.4) is 0 Å². The molecule has 0 saturated heterocycles. The van der Waals surface area contributed by atoms with E-state index in [4.69, 9.17) is 9.96 Å². The number of allylic oxidation sites excluding steroid dienone is 2. The highest BCUT2D eigenvalue weighted by atomic mass is 28.4. The Morgan fingerprint density at radius 3 is 2.50 bits per heavy atom. The van der Waals surface area contributed by atoms with Gasteiger partial charge in [0.2, 0.25) is 0 Å². The standard InChI is InChI=1S/C14H26N4OSi/c1-4-20(5-2,6-3)19-14(12-16-17-15)13-18-10-8-7-9-11-18/h7-10,14H,4-6,11-13H2,1-3H3/t14-/m0/s1. The number of hydrogen-bond donors (Lipinski definition) is 0. The molecule has 1 heterocycles. The average molecular weight is 294 g/mol. The second-order valence-corrected chi connectivity index (χ2v) is 9.84. The third-order valence-corrected chi connectivity index (χ3v) is 8.72. The maximum Gasteiger partial charge on any atom is 0.192 e. The quantitative estimate of drug-likeness (QED) is 0.278. The van der Waals surface area contributed by atoms with Crippen LogP contribution >= 0.6 is 0 Å². The molecule has 1 rings (SSSR count). The summed E-state index contributed by atoms with van der Waals surface area (Å²) in [5.41, 5.74) is 8.57. The van der Waals surface area contributed by atoms with Crippen LogP contribution in [0.15, 0.2) is 29.5 Å².